The van der Waals surface area contributed by atoms with Crippen LogP contribution < -0.4 is 5.73 Å². The highest BCUT2D eigenvalue weighted by Gasteiger charge is 2.14. The summed E-state index contributed by atoms with van der Waals surface area (Å²) < 4.78 is 13.9. The average Bonchev–Trinajstić information content (AvgIpc) is 2.33. The van der Waals surface area contributed by atoms with Crippen LogP contribution in [0.2, 0.25) is 0 Å². The average molecular weight is 257 g/mol. The van der Waals surface area contributed by atoms with Crippen LogP contribution in [0.15, 0.2) is 36.4 Å². The van der Waals surface area contributed by atoms with E-state index in [-0.39, 0.29) is 11.9 Å². The molecule has 0 bridgehead atoms. The number of hydrogen-bond donors (Lipinski definition) is 1. The maximum atomic E-state index is 13.9. The summed E-state index contributed by atoms with van der Waals surface area (Å²) in [7, 11) is 0. The van der Waals surface area contributed by atoms with Gasteiger partial charge in [-0.25, -0.2) is 4.39 Å². The van der Waals surface area contributed by atoms with Crippen molar-refractivity contribution in [3.8, 4) is 0 Å². The summed E-state index contributed by atoms with van der Waals surface area (Å²) in [5.74, 6) is -0.210. The Kier molecular flexibility index (Phi) is 4.01. The van der Waals surface area contributed by atoms with E-state index in [4.69, 9.17) is 5.73 Å². The van der Waals surface area contributed by atoms with Crippen LogP contribution in [-0.4, -0.2) is 0 Å². The predicted molar refractivity (Wildman–Crippen MR) is 77.7 cm³/mol. The fourth-order valence-electron chi connectivity index (χ4n) is 2.43. The largest absolute Gasteiger partial charge is 0.324 e. The molecule has 0 aliphatic carbocycles. The maximum absolute atomic E-state index is 13.9. The SMILES string of the molecule is Cc1ccc(C(N)Cc2c(C)cccc2C)c(F)c1. The van der Waals surface area contributed by atoms with Gasteiger partial charge in [0.1, 0.15) is 5.82 Å². The van der Waals surface area contributed by atoms with Crippen LogP contribution in [0.4, 0.5) is 4.39 Å². The summed E-state index contributed by atoms with van der Waals surface area (Å²) in [6, 6.07) is 11.1. The van der Waals surface area contributed by atoms with Gasteiger partial charge in [-0.1, -0.05) is 30.3 Å². The molecule has 2 aromatic rings. The maximum Gasteiger partial charge on any atom is 0.128 e. The molecule has 0 spiro atoms. The second kappa shape index (κ2) is 5.54. The molecule has 2 aromatic carbocycles. The van der Waals surface area contributed by atoms with Crippen LogP contribution in [0.5, 0.6) is 0 Å². The van der Waals surface area contributed by atoms with E-state index in [1.54, 1.807) is 12.1 Å². The van der Waals surface area contributed by atoms with Crippen molar-refractivity contribution in [1.82, 2.24) is 0 Å². The van der Waals surface area contributed by atoms with Crippen LogP contribution in [0, 0.1) is 26.6 Å². The van der Waals surface area contributed by atoms with E-state index in [1.807, 2.05) is 19.1 Å². The molecule has 0 radical (unpaired) electrons. The lowest BCUT2D eigenvalue weighted by molar-refractivity contribution is 0.578. The molecule has 0 aliphatic rings. The van der Waals surface area contributed by atoms with Crippen molar-refractivity contribution < 1.29 is 4.39 Å². The molecule has 100 valence electrons. The second-order valence-corrected chi connectivity index (χ2v) is 5.21. The van der Waals surface area contributed by atoms with Crippen LogP contribution in [-0.2, 0) is 6.42 Å². The third-order valence-corrected chi connectivity index (χ3v) is 3.62. The molecule has 0 fully saturated rings. The molecule has 0 heterocycles. The van der Waals surface area contributed by atoms with E-state index in [2.05, 4.69) is 26.0 Å². The van der Waals surface area contributed by atoms with Gasteiger partial charge in [-0.15, -0.1) is 0 Å². The fraction of sp³-hybridized carbons (Fsp3) is 0.294. The number of aryl methyl sites for hydroxylation is 3. The van der Waals surface area contributed by atoms with E-state index in [1.165, 1.54) is 16.7 Å². The second-order valence-electron chi connectivity index (χ2n) is 5.21. The van der Waals surface area contributed by atoms with Gasteiger partial charge in [0.05, 0.1) is 0 Å². The van der Waals surface area contributed by atoms with Gasteiger partial charge < -0.3 is 5.73 Å². The van der Waals surface area contributed by atoms with Crippen molar-refractivity contribution in [3.63, 3.8) is 0 Å². The Morgan fingerprint density at radius 1 is 1.05 bits per heavy atom. The van der Waals surface area contributed by atoms with Crippen molar-refractivity contribution in [2.24, 2.45) is 5.73 Å². The lowest BCUT2D eigenvalue weighted by atomic mass is 9.93. The Labute approximate surface area is 114 Å². The van der Waals surface area contributed by atoms with Gasteiger partial charge >= 0.3 is 0 Å². The molecule has 1 atom stereocenters. The highest BCUT2D eigenvalue weighted by Crippen LogP contribution is 2.23. The Balaban J connectivity index is 2.28. The van der Waals surface area contributed by atoms with Crippen molar-refractivity contribution in [1.29, 1.82) is 0 Å². The van der Waals surface area contributed by atoms with Crippen molar-refractivity contribution in [3.05, 3.63) is 70.0 Å². The molecule has 1 unspecified atom stereocenters. The summed E-state index contributed by atoms with van der Waals surface area (Å²) in [4.78, 5) is 0. The van der Waals surface area contributed by atoms with Crippen LogP contribution >= 0.6 is 0 Å². The van der Waals surface area contributed by atoms with Crippen LogP contribution in [0.25, 0.3) is 0 Å². The minimum absolute atomic E-state index is 0.210. The molecular formula is C17H20FN. The summed E-state index contributed by atoms with van der Waals surface area (Å²) in [6.07, 6.45) is 0.665. The number of hydrogen-bond acceptors (Lipinski definition) is 1. The fourth-order valence-corrected chi connectivity index (χ4v) is 2.43. The molecule has 19 heavy (non-hydrogen) atoms. The molecule has 1 nitrogen and oxygen atoms in total. The Hall–Kier alpha value is -1.67. The lowest BCUT2D eigenvalue weighted by Crippen LogP contribution is -2.16. The van der Waals surface area contributed by atoms with Gasteiger partial charge in [-0.3, -0.25) is 0 Å². The summed E-state index contributed by atoms with van der Waals surface area (Å²) in [6.45, 7) is 6.02. The van der Waals surface area contributed by atoms with Crippen LogP contribution in [0.1, 0.15) is 33.9 Å². The third kappa shape index (κ3) is 3.02. The molecule has 2 heteroatoms. The summed E-state index contributed by atoms with van der Waals surface area (Å²) in [5.41, 5.74) is 11.3. The normalized spacial score (nSPS) is 12.5. The van der Waals surface area contributed by atoms with Gasteiger partial charge in [-0.05, 0) is 55.5 Å². The van der Waals surface area contributed by atoms with E-state index < -0.39 is 0 Å². The molecular weight excluding hydrogens is 237 g/mol. The van der Waals surface area contributed by atoms with Crippen LogP contribution in [0.3, 0.4) is 0 Å². The minimum atomic E-state index is -0.305. The minimum Gasteiger partial charge on any atom is -0.324 e. The third-order valence-electron chi connectivity index (χ3n) is 3.62. The standard InChI is InChI=1S/C17H20FN/c1-11-7-8-14(16(18)9-11)17(19)10-15-12(2)5-4-6-13(15)3/h4-9,17H,10,19H2,1-3H3. The zero-order valence-corrected chi connectivity index (χ0v) is 11.7. The topological polar surface area (TPSA) is 26.0 Å². The first kappa shape index (κ1) is 13.8. The lowest BCUT2D eigenvalue weighted by Gasteiger charge is -2.17. The summed E-state index contributed by atoms with van der Waals surface area (Å²) >= 11 is 0. The van der Waals surface area contributed by atoms with E-state index in [9.17, 15) is 4.39 Å². The van der Waals surface area contributed by atoms with E-state index in [0.717, 1.165) is 5.56 Å². The Bertz CT molecular complexity index is 570. The Morgan fingerprint density at radius 2 is 1.68 bits per heavy atom. The van der Waals surface area contributed by atoms with Gasteiger partial charge in [0, 0.05) is 11.6 Å². The molecule has 2 N–H and O–H groups in total. The van der Waals surface area contributed by atoms with Crippen molar-refractivity contribution in [2.45, 2.75) is 33.2 Å². The zero-order chi connectivity index (χ0) is 14.0. The molecule has 0 saturated carbocycles. The smallest absolute Gasteiger partial charge is 0.128 e. The van der Waals surface area contributed by atoms with E-state index >= 15 is 0 Å². The number of benzene rings is 2. The highest BCUT2D eigenvalue weighted by atomic mass is 19.1. The molecule has 0 aliphatic heterocycles. The van der Waals surface area contributed by atoms with Crippen molar-refractivity contribution in [2.75, 3.05) is 0 Å². The van der Waals surface area contributed by atoms with Crippen molar-refractivity contribution >= 4 is 0 Å². The first-order valence-corrected chi connectivity index (χ1v) is 6.55. The monoisotopic (exact) mass is 257 g/mol. The molecule has 0 saturated heterocycles. The Morgan fingerprint density at radius 3 is 2.26 bits per heavy atom. The number of nitrogens with two attached hydrogens (primary N) is 1. The van der Waals surface area contributed by atoms with Gasteiger partial charge in [0.25, 0.3) is 0 Å². The summed E-state index contributed by atoms with van der Waals surface area (Å²) in [5, 5.41) is 0. The van der Waals surface area contributed by atoms with Gasteiger partial charge in [-0.2, -0.15) is 0 Å². The zero-order valence-electron chi connectivity index (χ0n) is 11.7. The molecule has 2 rings (SSSR count). The molecule has 0 aromatic heterocycles. The van der Waals surface area contributed by atoms with E-state index in [0.29, 0.717) is 12.0 Å². The predicted octanol–water partition coefficient (Wildman–Crippen LogP) is 3.99. The first-order chi connectivity index (χ1) is 8.99. The molecule has 0 amide bonds. The number of halogens is 1. The quantitative estimate of drug-likeness (QED) is 0.884. The van der Waals surface area contributed by atoms with Gasteiger partial charge in [0.15, 0.2) is 0 Å². The van der Waals surface area contributed by atoms with Gasteiger partial charge in [0.2, 0.25) is 0 Å². The highest BCUT2D eigenvalue weighted by molar-refractivity contribution is 5.36. The number of rotatable bonds is 3. The first-order valence-electron chi connectivity index (χ1n) is 6.55.